The Morgan fingerprint density at radius 3 is 1.84 bits per heavy atom. The lowest BCUT2D eigenvalue weighted by molar-refractivity contribution is -0.138. The minimum Gasteiger partial charge on any atom is -0.481 e. The van der Waals surface area contributed by atoms with Gasteiger partial charge >= 0.3 is 5.97 Å². The van der Waals surface area contributed by atoms with Gasteiger partial charge in [0.05, 0.1) is 6.42 Å². The van der Waals surface area contributed by atoms with Gasteiger partial charge in [-0.15, -0.1) is 0 Å². The number of nitrogens with one attached hydrogen (secondary N) is 1. The van der Waals surface area contributed by atoms with Crippen LogP contribution in [0.25, 0.3) is 0 Å². The molecule has 2 fully saturated rings. The van der Waals surface area contributed by atoms with E-state index in [2.05, 4.69) is 5.32 Å². The van der Waals surface area contributed by atoms with Gasteiger partial charge in [0.1, 0.15) is 11.6 Å². The van der Waals surface area contributed by atoms with Crippen molar-refractivity contribution in [3.63, 3.8) is 0 Å². The fourth-order valence-electron chi connectivity index (χ4n) is 5.23. The summed E-state index contributed by atoms with van der Waals surface area (Å²) in [6, 6.07) is 9.34. The van der Waals surface area contributed by atoms with Crippen LogP contribution in [0.1, 0.15) is 59.2 Å². The van der Waals surface area contributed by atoms with Gasteiger partial charge in [-0.1, -0.05) is 31.4 Å². The van der Waals surface area contributed by atoms with E-state index in [0.29, 0.717) is 0 Å². The molecule has 196 valence electrons. The predicted molar refractivity (Wildman–Crippen MR) is 129 cm³/mol. The molecule has 1 aliphatic heterocycles. The summed E-state index contributed by atoms with van der Waals surface area (Å²) in [7, 11) is 0. The van der Waals surface area contributed by atoms with E-state index in [0.717, 1.165) is 44.2 Å². The van der Waals surface area contributed by atoms with Crippen LogP contribution in [0.3, 0.4) is 0 Å². The van der Waals surface area contributed by atoms with Crippen molar-refractivity contribution in [2.45, 2.75) is 50.7 Å². The van der Waals surface area contributed by atoms with Crippen LogP contribution in [0.2, 0.25) is 0 Å². The lowest BCUT2D eigenvalue weighted by Gasteiger charge is -2.34. The third kappa shape index (κ3) is 6.12. The first-order chi connectivity index (χ1) is 17.7. The SMILES string of the molecule is O=C(O)CC(NC(=O)C1N(C(=O)c2cccc(F)c2)CCN1C(=O)c1cccc(F)c1)C1CCCCC1. The first kappa shape index (κ1) is 26.2. The maximum absolute atomic E-state index is 13.8. The molecule has 0 radical (unpaired) electrons. The highest BCUT2D eigenvalue weighted by Gasteiger charge is 2.44. The van der Waals surface area contributed by atoms with Crippen molar-refractivity contribution in [2.24, 2.45) is 5.92 Å². The molecule has 1 unspecified atom stereocenters. The van der Waals surface area contributed by atoms with E-state index < -0.39 is 47.5 Å². The average molecular weight is 514 g/mol. The predicted octanol–water partition coefficient (Wildman–Crippen LogP) is 3.43. The van der Waals surface area contributed by atoms with Gasteiger partial charge in [0, 0.05) is 30.3 Å². The van der Waals surface area contributed by atoms with E-state index in [4.69, 9.17) is 0 Å². The van der Waals surface area contributed by atoms with E-state index >= 15 is 0 Å². The second kappa shape index (κ2) is 11.5. The van der Waals surface area contributed by atoms with Gasteiger partial charge in [0.25, 0.3) is 17.7 Å². The Bertz CT molecular complexity index is 1120. The van der Waals surface area contributed by atoms with Crippen molar-refractivity contribution in [2.75, 3.05) is 13.1 Å². The van der Waals surface area contributed by atoms with Crippen LogP contribution in [-0.2, 0) is 9.59 Å². The van der Waals surface area contributed by atoms with Crippen LogP contribution < -0.4 is 5.32 Å². The van der Waals surface area contributed by atoms with Crippen molar-refractivity contribution in [1.82, 2.24) is 15.1 Å². The molecule has 1 saturated heterocycles. The summed E-state index contributed by atoms with van der Waals surface area (Å²) in [4.78, 5) is 54.2. The molecule has 1 aliphatic carbocycles. The van der Waals surface area contributed by atoms with Gasteiger partial charge in [-0.2, -0.15) is 0 Å². The zero-order valence-electron chi connectivity index (χ0n) is 20.2. The molecule has 2 aliphatic rings. The molecule has 3 amide bonds. The van der Waals surface area contributed by atoms with E-state index in [9.17, 15) is 33.1 Å². The number of carboxylic acid groups (broad SMARTS) is 1. The molecule has 1 heterocycles. The molecule has 2 aromatic rings. The average Bonchev–Trinajstić information content (AvgIpc) is 3.33. The molecule has 2 aromatic carbocycles. The van der Waals surface area contributed by atoms with E-state index in [1.807, 2.05) is 0 Å². The number of carbonyl (C=O) groups excluding carboxylic acids is 3. The summed E-state index contributed by atoms with van der Waals surface area (Å²) < 4.78 is 27.7. The van der Waals surface area contributed by atoms with Gasteiger partial charge in [0.15, 0.2) is 6.17 Å². The van der Waals surface area contributed by atoms with Crippen LogP contribution >= 0.6 is 0 Å². The van der Waals surface area contributed by atoms with Crippen molar-refractivity contribution in [1.29, 1.82) is 0 Å². The Kier molecular flexibility index (Phi) is 8.15. The molecule has 1 atom stereocenters. The number of amides is 3. The summed E-state index contributed by atoms with van der Waals surface area (Å²) in [5.74, 6) is -4.38. The topological polar surface area (TPSA) is 107 Å². The lowest BCUT2D eigenvalue weighted by atomic mass is 9.82. The third-order valence-corrected chi connectivity index (χ3v) is 7.01. The van der Waals surface area contributed by atoms with Crippen LogP contribution in [0.4, 0.5) is 8.78 Å². The number of rotatable bonds is 7. The quantitative estimate of drug-likeness (QED) is 0.590. The molecule has 37 heavy (non-hydrogen) atoms. The fraction of sp³-hybridized carbons (Fsp3) is 0.407. The largest absolute Gasteiger partial charge is 0.481 e. The Hall–Kier alpha value is -3.82. The fourth-order valence-corrected chi connectivity index (χ4v) is 5.23. The van der Waals surface area contributed by atoms with Crippen molar-refractivity contribution < 1.29 is 33.1 Å². The molecule has 4 rings (SSSR count). The second-order valence-electron chi connectivity index (χ2n) is 9.50. The smallest absolute Gasteiger partial charge is 0.305 e. The Morgan fingerprint density at radius 2 is 1.38 bits per heavy atom. The summed E-state index contributed by atoms with van der Waals surface area (Å²) in [5.41, 5.74) is 0.0134. The highest BCUT2D eigenvalue weighted by Crippen LogP contribution is 2.29. The first-order valence-electron chi connectivity index (χ1n) is 12.4. The summed E-state index contributed by atoms with van der Waals surface area (Å²) >= 11 is 0. The van der Waals surface area contributed by atoms with Crippen LogP contribution in [0.5, 0.6) is 0 Å². The maximum Gasteiger partial charge on any atom is 0.305 e. The normalized spacial score (nSPS) is 17.5. The number of carbonyl (C=O) groups is 4. The maximum atomic E-state index is 13.8. The van der Waals surface area contributed by atoms with E-state index in [1.54, 1.807) is 0 Å². The third-order valence-electron chi connectivity index (χ3n) is 7.01. The monoisotopic (exact) mass is 513 g/mol. The number of aliphatic carboxylic acids is 1. The standard InChI is InChI=1S/C27H29F2N3O5/c28-20-10-4-8-18(14-20)26(36)31-12-13-32(27(37)19-9-5-11-21(29)15-19)25(31)24(35)30-22(16-23(33)34)17-6-2-1-3-7-17/h4-5,8-11,14-15,17,22,25H,1-3,6-7,12-13,16H2,(H,30,35)(H,33,34). The molecular formula is C27H29F2N3O5. The molecule has 10 heteroatoms. The highest BCUT2D eigenvalue weighted by atomic mass is 19.1. The summed E-state index contributed by atoms with van der Waals surface area (Å²) in [6.07, 6.45) is 2.72. The molecule has 2 N–H and O–H groups in total. The minimum atomic E-state index is -1.41. The number of carboxylic acids is 1. The molecule has 1 saturated carbocycles. The molecular weight excluding hydrogens is 484 g/mol. The molecule has 0 spiro atoms. The highest BCUT2D eigenvalue weighted by molar-refractivity contribution is 6.02. The van der Waals surface area contributed by atoms with Crippen molar-refractivity contribution in [3.05, 3.63) is 71.3 Å². The first-order valence-corrected chi connectivity index (χ1v) is 12.4. The number of nitrogens with zero attached hydrogens (tertiary/aromatic N) is 2. The Morgan fingerprint density at radius 1 is 0.865 bits per heavy atom. The molecule has 0 aromatic heterocycles. The van der Waals surface area contributed by atoms with E-state index in [1.165, 1.54) is 46.2 Å². The van der Waals surface area contributed by atoms with Gasteiger partial charge in [-0.3, -0.25) is 19.2 Å². The zero-order chi connectivity index (χ0) is 26.5. The molecule has 8 nitrogen and oxygen atoms in total. The van der Waals surface area contributed by atoms with Gasteiger partial charge in [-0.05, 0) is 55.2 Å². The zero-order valence-corrected chi connectivity index (χ0v) is 20.2. The van der Waals surface area contributed by atoms with Gasteiger partial charge < -0.3 is 20.2 Å². The van der Waals surface area contributed by atoms with Crippen LogP contribution in [-0.4, -0.2) is 63.9 Å². The number of hydrogen-bond donors (Lipinski definition) is 2. The van der Waals surface area contributed by atoms with Crippen LogP contribution in [0, 0.1) is 17.6 Å². The summed E-state index contributed by atoms with van der Waals surface area (Å²) in [6.45, 7) is -0.0248. The van der Waals surface area contributed by atoms with Gasteiger partial charge in [0.2, 0.25) is 0 Å². The Labute approximate surface area is 213 Å². The second-order valence-corrected chi connectivity index (χ2v) is 9.50. The minimum absolute atomic E-state index is 0.00669. The number of benzene rings is 2. The van der Waals surface area contributed by atoms with Crippen LogP contribution in [0.15, 0.2) is 48.5 Å². The summed E-state index contributed by atoms with van der Waals surface area (Å²) in [5, 5.41) is 12.3. The lowest BCUT2D eigenvalue weighted by Crippen LogP contribution is -2.57. The van der Waals surface area contributed by atoms with Crippen molar-refractivity contribution in [3.8, 4) is 0 Å². The molecule has 0 bridgehead atoms. The van der Waals surface area contributed by atoms with Crippen molar-refractivity contribution >= 4 is 23.7 Å². The number of hydrogen-bond acceptors (Lipinski definition) is 4. The Balaban J connectivity index is 1.65. The number of halogens is 2. The van der Waals surface area contributed by atoms with Gasteiger partial charge in [-0.25, -0.2) is 8.78 Å². The van der Waals surface area contributed by atoms with E-state index in [-0.39, 0.29) is 36.6 Å².